The van der Waals surface area contributed by atoms with Gasteiger partial charge in [-0.15, -0.1) is 0 Å². The summed E-state index contributed by atoms with van der Waals surface area (Å²) < 4.78 is 0. The Hall–Kier alpha value is -0.640. The van der Waals surface area contributed by atoms with Gasteiger partial charge in [0.15, 0.2) is 0 Å². The van der Waals surface area contributed by atoms with Gasteiger partial charge in [-0.3, -0.25) is 14.7 Å². The van der Waals surface area contributed by atoms with Crippen molar-refractivity contribution in [1.82, 2.24) is 14.7 Å². The minimum Gasteiger partial charge on any atom is -0.294 e. The van der Waals surface area contributed by atoms with E-state index in [-0.39, 0.29) is 0 Å². The lowest BCUT2D eigenvalue weighted by atomic mass is 9.77. The molecule has 9 aliphatic carbocycles. The number of hydrogen-bond acceptors (Lipinski definition) is 3. The fourth-order valence-electron chi connectivity index (χ4n) is 16.6. The first-order valence-electron chi connectivity index (χ1n) is 28.9. The van der Waals surface area contributed by atoms with Crippen LogP contribution in [0.3, 0.4) is 0 Å². The van der Waals surface area contributed by atoms with Gasteiger partial charge in [0.25, 0.3) is 0 Å². The van der Waals surface area contributed by atoms with Crippen LogP contribution in [-0.2, 0) is 0 Å². The van der Waals surface area contributed by atoms with Crippen LogP contribution >= 0.6 is 0 Å². The molecule has 0 amide bonds. The van der Waals surface area contributed by atoms with E-state index in [9.17, 15) is 0 Å². The molecule has 61 heavy (non-hydrogen) atoms. The molecule has 0 aromatic rings. The Bertz CT molecular complexity index is 1170. The van der Waals surface area contributed by atoms with Gasteiger partial charge in [-0.2, -0.15) is 0 Å². The summed E-state index contributed by atoms with van der Waals surface area (Å²) in [6.07, 6.45) is 71.6. The van der Waals surface area contributed by atoms with Crippen LogP contribution in [0.5, 0.6) is 0 Å². The van der Waals surface area contributed by atoms with Crippen molar-refractivity contribution in [1.29, 1.82) is 0 Å². The van der Waals surface area contributed by atoms with Gasteiger partial charge in [-0.1, -0.05) is 121 Å². The van der Waals surface area contributed by atoms with Crippen LogP contribution in [0.4, 0.5) is 0 Å². The minimum atomic E-state index is 0.862. The van der Waals surface area contributed by atoms with Gasteiger partial charge in [-0.25, -0.2) is 0 Å². The lowest BCUT2D eigenvalue weighted by Gasteiger charge is -2.53. The average Bonchev–Trinajstić information content (AvgIpc) is 3.34. The van der Waals surface area contributed by atoms with Gasteiger partial charge in [0.1, 0.15) is 0 Å². The van der Waals surface area contributed by atoms with Crippen LogP contribution in [0.25, 0.3) is 0 Å². The molecular formula is C58H99N3. The molecule has 0 radical (unpaired) electrons. The first-order valence-corrected chi connectivity index (χ1v) is 28.9. The Morgan fingerprint density at radius 2 is 0.328 bits per heavy atom. The lowest BCUT2D eigenvalue weighted by Crippen LogP contribution is -2.57. The summed E-state index contributed by atoms with van der Waals surface area (Å²) in [5.41, 5.74) is 0. The van der Waals surface area contributed by atoms with E-state index in [1.54, 1.807) is 0 Å². The maximum absolute atomic E-state index is 3.31. The molecule has 9 saturated carbocycles. The van der Waals surface area contributed by atoms with E-state index in [4.69, 9.17) is 0 Å². The van der Waals surface area contributed by atoms with E-state index in [0.717, 1.165) is 78.0 Å². The van der Waals surface area contributed by atoms with E-state index in [0.29, 0.717) is 0 Å². The molecule has 0 heterocycles. The first kappa shape index (κ1) is 45.5. The highest BCUT2D eigenvalue weighted by Crippen LogP contribution is 2.44. The normalized spacial score (nSPS) is 37.1. The van der Waals surface area contributed by atoms with Crippen LogP contribution in [0.15, 0.2) is 24.3 Å². The molecule has 3 nitrogen and oxygen atoms in total. The van der Waals surface area contributed by atoms with Gasteiger partial charge in [-0.05, 0) is 191 Å². The summed E-state index contributed by atoms with van der Waals surface area (Å²) in [4.78, 5) is 9.86. The van der Waals surface area contributed by atoms with Crippen molar-refractivity contribution < 1.29 is 0 Å². The summed E-state index contributed by atoms with van der Waals surface area (Å²) in [6, 6.07) is 7.85. The highest BCUT2D eigenvalue weighted by Gasteiger charge is 2.43. The van der Waals surface area contributed by atoms with E-state index in [1.807, 2.05) is 0 Å². The van der Waals surface area contributed by atoms with Crippen molar-refractivity contribution in [2.24, 2.45) is 23.7 Å². The van der Waals surface area contributed by atoms with Crippen molar-refractivity contribution in [3.8, 4) is 0 Å². The molecule has 0 N–H and O–H groups in total. The molecule has 9 rings (SSSR count). The fraction of sp³-hybridized carbons (Fsp3) is 0.931. The quantitative estimate of drug-likeness (QED) is 0.171. The Balaban J connectivity index is 0.814. The monoisotopic (exact) mass is 838 g/mol. The molecule has 0 unspecified atom stereocenters. The van der Waals surface area contributed by atoms with E-state index in [2.05, 4.69) is 39.0 Å². The number of allylic oxidation sites excluding steroid dienone is 4. The highest BCUT2D eigenvalue weighted by molar-refractivity contribution is 5.02. The molecule has 0 aromatic carbocycles. The van der Waals surface area contributed by atoms with Gasteiger partial charge < -0.3 is 0 Å². The van der Waals surface area contributed by atoms with Crippen LogP contribution < -0.4 is 0 Å². The Morgan fingerprint density at radius 1 is 0.164 bits per heavy atom. The van der Waals surface area contributed by atoms with E-state index < -0.39 is 0 Å². The zero-order valence-corrected chi connectivity index (χ0v) is 40.1. The topological polar surface area (TPSA) is 9.72 Å². The summed E-state index contributed by atoms with van der Waals surface area (Å²) in [5.74, 6) is 3.52. The molecule has 0 aromatic heterocycles. The summed E-state index contributed by atoms with van der Waals surface area (Å²) in [6.45, 7) is 0. The Labute approximate surface area is 378 Å². The van der Waals surface area contributed by atoms with Crippen LogP contribution in [-0.4, -0.2) is 69.1 Å². The first-order chi connectivity index (χ1) is 30.2. The van der Waals surface area contributed by atoms with Crippen LogP contribution in [0, 0.1) is 23.7 Å². The third kappa shape index (κ3) is 12.4. The van der Waals surface area contributed by atoms with Gasteiger partial charge in [0.2, 0.25) is 0 Å². The van der Waals surface area contributed by atoms with Gasteiger partial charge in [0.05, 0.1) is 0 Å². The minimum absolute atomic E-state index is 0.862. The molecular weight excluding hydrogens is 739 g/mol. The van der Waals surface area contributed by atoms with Gasteiger partial charge in [0, 0.05) is 54.4 Å². The van der Waals surface area contributed by atoms with Gasteiger partial charge >= 0.3 is 0 Å². The molecule has 0 aliphatic heterocycles. The van der Waals surface area contributed by atoms with Crippen molar-refractivity contribution in [3.63, 3.8) is 0 Å². The zero-order valence-electron chi connectivity index (χ0n) is 40.1. The molecule has 0 atom stereocenters. The van der Waals surface area contributed by atoms with Crippen molar-refractivity contribution in [3.05, 3.63) is 24.3 Å². The second-order valence-electron chi connectivity index (χ2n) is 23.8. The molecule has 3 heteroatoms. The van der Waals surface area contributed by atoms with E-state index >= 15 is 0 Å². The predicted molar refractivity (Wildman–Crippen MR) is 261 cm³/mol. The summed E-state index contributed by atoms with van der Waals surface area (Å²) >= 11 is 0. The Morgan fingerprint density at radius 3 is 0.557 bits per heavy atom. The molecule has 9 fully saturated rings. The SMILES string of the molecule is C(=C\C1CCC(N(C2CCCCC2)C2CCC(N(C3CCCCC3)C3CCC(N(C4CCCCC4)C4CCC(/C=C/C5CCCCC5)CC4)CC3)CC2)CC1)/C1CCCCC1. The second-order valence-corrected chi connectivity index (χ2v) is 23.8. The molecule has 346 valence electrons. The number of hydrogen-bond donors (Lipinski definition) is 0. The molecule has 0 saturated heterocycles. The van der Waals surface area contributed by atoms with Crippen LogP contribution in [0.2, 0.25) is 0 Å². The maximum atomic E-state index is 3.31. The average molecular weight is 838 g/mol. The third-order valence-electron chi connectivity index (χ3n) is 19.9. The fourth-order valence-corrected chi connectivity index (χ4v) is 16.6. The van der Waals surface area contributed by atoms with E-state index in [1.165, 1.54) is 263 Å². The summed E-state index contributed by atoms with van der Waals surface area (Å²) in [5, 5.41) is 0. The molecule has 0 spiro atoms. The number of nitrogens with zero attached hydrogens (tertiary/aromatic N) is 3. The Kier molecular flexibility index (Phi) is 17.7. The largest absolute Gasteiger partial charge is 0.294 e. The molecule has 0 bridgehead atoms. The standard InChI is InChI=1S/C58H99N3/c1-6-16-46(17-7-1)26-28-48-30-34-53(35-31-48)59(50-20-10-3-11-21-50)55-38-42-57(43-39-55)61(52-24-14-5-15-25-52)58-44-40-56(41-45-58)60(51-22-12-4-13-23-51)54-36-32-49(33-37-54)29-27-47-18-8-2-9-19-47/h26-29,46-58H,1-25,30-45H2/b28-26+,29-27+. The van der Waals surface area contributed by atoms with Crippen LogP contribution in [0.1, 0.15) is 263 Å². The predicted octanol–water partition coefficient (Wildman–Crippen LogP) is 15.9. The second kappa shape index (κ2) is 23.7. The lowest BCUT2D eigenvalue weighted by molar-refractivity contribution is -0.0341. The highest BCUT2D eigenvalue weighted by atomic mass is 15.3. The van der Waals surface area contributed by atoms with Crippen molar-refractivity contribution in [2.75, 3.05) is 0 Å². The third-order valence-corrected chi connectivity index (χ3v) is 19.9. The smallest absolute Gasteiger partial charge is 0.0102 e. The summed E-state index contributed by atoms with van der Waals surface area (Å²) in [7, 11) is 0. The van der Waals surface area contributed by atoms with Crippen molar-refractivity contribution in [2.45, 2.75) is 318 Å². The van der Waals surface area contributed by atoms with Crippen molar-refractivity contribution >= 4 is 0 Å². The number of rotatable bonds is 13. The maximum Gasteiger partial charge on any atom is 0.0102 e. The zero-order chi connectivity index (χ0) is 41.1. The molecule has 9 aliphatic rings.